The quantitative estimate of drug-likeness (QED) is 0.730. The molecule has 1 fully saturated rings. The van der Waals surface area contributed by atoms with Crippen LogP contribution < -0.4 is 0 Å². The third kappa shape index (κ3) is 4.33. The maximum Gasteiger partial charge on any atom is 0.328 e. The number of rotatable bonds is 3. The van der Waals surface area contributed by atoms with Gasteiger partial charge in [-0.2, -0.15) is 0 Å². The smallest absolute Gasteiger partial charge is 0.328 e. The third-order valence-corrected chi connectivity index (χ3v) is 3.01. The molecule has 1 aliphatic rings. The molecule has 0 spiro atoms. The number of nitrogens with zero attached hydrogens (tertiary/aromatic N) is 2. The molecule has 1 saturated heterocycles. The van der Waals surface area contributed by atoms with Crippen LogP contribution in [0.25, 0.3) is 0 Å². The van der Waals surface area contributed by atoms with E-state index in [1.165, 1.54) is 6.08 Å². The normalized spacial score (nSPS) is 25.4. The Balaban J connectivity index is 2.55. The first-order valence-electron chi connectivity index (χ1n) is 5.81. The fourth-order valence-electron chi connectivity index (χ4n) is 2.23. The predicted molar refractivity (Wildman–Crippen MR) is 64.5 cm³/mol. The standard InChI is InChI=1S/C12H22N2O2/c1-10(7-12(15)16)8-14-6-4-5-13(3)9-11(14)2/h7,11H,4-6,8-9H2,1-3H3,(H,15,16). The zero-order valence-electron chi connectivity index (χ0n) is 10.4. The molecular formula is C12H22N2O2. The second-order valence-electron chi connectivity index (χ2n) is 4.76. The molecule has 1 aliphatic heterocycles. The van der Waals surface area contributed by atoms with Gasteiger partial charge in [-0.1, -0.05) is 5.57 Å². The molecule has 1 N–H and O–H groups in total. The molecule has 0 aromatic carbocycles. The van der Waals surface area contributed by atoms with Crippen molar-refractivity contribution in [2.45, 2.75) is 26.3 Å². The van der Waals surface area contributed by atoms with Gasteiger partial charge in [0, 0.05) is 31.8 Å². The van der Waals surface area contributed by atoms with Crippen molar-refractivity contribution in [1.82, 2.24) is 9.80 Å². The number of carbonyl (C=O) groups is 1. The molecule has 92 valence electrons. The third-order valence-electron chi connectivity index (χ3n) is 3.01. The molecule has 0 aromatic rings. The number of hydrogen-bond donors (Lipinski definition) is 1. The number of carboxylic acid groups (broad SMARTS) is 1. The maximum absolute atomic E-state index is 10.5. The van der Waals surface area contributed by atoms with Crippen LogP contribution in [-0.4, -0.2) is 60.1 Å². The van der Waals surface area contributed by atoms with Crippen LogP contribution in [0.3, 0.4) is 0 Å². The average molecular weight is 226 g/mol. The van der Waals surface area contributed by atoms with E-state index in [2.05, 4.69) is 23.8 Å². The van der Waals surface area contributed by atoms with Crippen LogP contribution in [0.15, 0.2) is 11.6 Å². The maximum atomic E-state index is 10.5. The van der Waals surface area contributed by atoms with Gasteiger partial charge in [0.1, 0.15) is 0 Å². The molecule has 1 atom stereocenters. The highest BCUT2D eigenvalue weighted by Crippen LogP contribution is 2.10. The summed E-state index contributed by atoms with van der Waals surface area (Å²) in [5, 5.41) is 8.67. The van der Waals surface area contributed by atoms with Crippen molar-refractivity contribution in [2.75, 3.05) is 33.2 Å². The molecule has 0 aromatic heterocycles. The summed E-state index contributed by atoms with van der Waals surface area (Å²) < 4.78 is 0. The van der Waals surface area contributed by atoms with E-state index in [0.717, 1.165) is 38.2 Å². The average Bonchev–Trinajstić information content (AvgIpc) is 2.27. The van der Waals surface area contributed by atoms with Crippen molar-refractivity contribution < 1.29 is 9.90 Å². The molecule has 16 heavy (non-hydrogen) atoms. The van der Waals surface area contributed by atoms with Crippen molar-refractivity contribution in [1.29, 1.82) is 0 Å². The topological polar surface area (TPSA) is 43.8 Å². The second kappa shape index (κ2) is 6.01. The molecule has 4 nitrogen and oxygen atoms in total. The van der Waals surface area contributed by atoms with Crippen molar-refractivity contribution in [2.24, 2.45) is 0 Å². The van der Waals surface area contributed by atoms with Crippen LogP contribution >= 0.6 is 0 Å². The minimum absolute atomic E-state index is 0.490. The van der Waals surface area contributed by atoms with Gasteiger partial charge in [0.15, 0.2) is 0 Å². The van der Waals surface area contributed by atoms with E-state index in [9.17, 15) is 4.79 Å². The molecular weight excluding hydrogens is 204 g/mol. The Morgan fingerprint density at radius 1 is 1.50 bits per heavy atom. The zero-order chi connectivity index (χ0) is 12.1. The summed E-state index contributed by atoms with van der Waals surface area (Å²) in [4.78, 5) is 15.2. The fraction of sp³-hybridized carbons (Fsp3) is 0.750. The summed E-state index contributed by atoms with van der Waals surface area (Å²) in [6.07, 6.45) is 2.46. The molecule has 1 heterocycles. The van der Waals surface area contributed by atoms with Gasteiger partial charge in [-0.25, -0.2) is 4.79 Å². The molecule has 1 rings (SSSR count). The largest absolute Gasteiger partial charge is 0.478 e. The molecule has 0 saturated carbocycles. The molecule has 0 radical (unpaired) electrons. The summed E-state index contributed by atoms with van der Waals surface area (Å²) in [5.41, 5.74) is 0.920. The van der Waals surface area contributed by atoms with Gasteiger partial charge in [-0.3, -0.25) is 4.90 Å². The van der Waals surface area contributed by atoms with E-state index in [1.54, 1.807) is 0 Å². The Morgan fingerprint density at radius 2 is 2.19 bits per heavy atom. The Hall–Kier alpha value is -0.870. The first-order chi connectivity index (χ1) is 7.49. The summed E-state index contributed by atoms with van der Waals surface area (Å²) in [6.45, 7) is 8.09. The van der Waals surface area contributed by atoms with Gasteiger partial charge >= 0.3 is 5.97 Å². The second-order valence-corrected chi connectivity index (χ2v) is 4.76. The molecule has 1 unspecified atom stereocenters. The lowest BCUT2D eigenvalue weighted by molar-refractivity contribution is -0.131. The minimum Gasteiger partial charge on any atom is -0.478 e. The van der Waals surface area contributed by atoms with Crippen molar-refractivity contribution in [3.63, 3.8) is 0 Å². The van der Waals surface area contributed by atoms with E-state index >= 15 is 0 Å². The van der Waals surface area contributed by atoms with Crippen LogP contribution in [0.1, 0.15) is 20.3 Å². The van der Waals surface area contributed by atoms with Gasteiger partial charge < -0.3 is 10.0 Å². The number of likely N-dealkylation sites (N-methyl/N-ethyl adjacent to an activating group) is 1. The molecule has 0 amide bonds. The van der Waals surface area contributed by atoms with Crippen LogP contribution in [0.2, 0.25) is 0 Å². The summed E-state index contributed by atoms with van der Waals surface area (Å²) in [7, 11) is 2.14. The zero-order valence-corrected chi connectivity index (χ0v) is 10.4. The summed E-state index contributed by atoms with van der Waals surface area (Å²) in [6, 6.07) is 0.490. The number of hydrogen-bond acceptors (Lipinski definition) is 3. The highest BCUT2D eigenvalue weighted by molar-refractivity contribution is 5.80. The van der Waals surface area contributed by atoms with E-state index < -0.39 is 5.97 Å². The molecule has 0 bridgehead atoms. The lowest BCUT2D eigenvalue weighted by atomic mass is 10.2. The molecule has 0 aliphatic carbocycles. The van der Waals surface area contributed by atoms with E-state index in [1.807, 2.05) is 6.92 Å². The van der Waals surface area contributed by atoms with Crippen LogP contribution in [0.4, 0.5) is 0 Å². The van der Waals surface area contributed by atoms with Crippen molar-refractivity contribution in [3.8, 4) is 0 Å². The van der Waals surface area contributed by atoms with Gasteiger partial charge in [0.2, 0.25) is 0 Å². The van der Waals surface area contributed by atoms with Crippen LogP contribution in [0, 0.1) is 0 Å². The SMILES string of the molecule is CC(=CC(=O)O)CN1CCCN(C)CC1C. The predicted octanol–water partition coefficient (Wildman–Crippen LogP) is 1.04. The first kappa shape index (κ1) is 13.2. The monoisotopic (exact) mass is 226 g/mol. The van der Waals surface area contributed by atoms with Gasteiger partial charge in [-0.15, -0.1) is 0 Å². The van der Waals surface area contributed by atoms with Crippen molar-refractivity contribution >= 4 is 5.97 Å². The molecule has 4 heteroatoms. The van der Waals surface area contributed by atoms with E-state index in [-0.39, 0.29) is 0 Å². The number of carboxylic acids is 1. The Bertz CT molecular complexity index is 276. The lowest BCUT2D eigenvalue weighted by Gasteiger charge is -2.27. The fourth-order valence-corrected chi connectivity index (χ4v) is 2.23. The van der Waals surface area contributed by atoms with E-state index in [4.69, 9.17) is 5.11 Å². The lowest BCUT2D eigenvalue weighted by Crippen LogP contribution is -2.38. The van der Waals surface area contributed by atoms with Crippen molar-refractivity contribution in [3.05, 3.63) is 11.6 Å². The highest BCUT2D eigenvalue weighted by atomic mass is 16.4. The van der Waals surface area contributed by atoms with Crippen LogP contribution in [-0.2, 0) is 4.79 Å². The van der Waals surface area contributed by atoms with Gasteiger partial charge in [-0.05, 0) is 33.9 Å². The number of aliphatic carboxylic acids is 1. The minimum atomic E-state index is -0.850. The summed E-state index contributed by atoms with van der Waals surface area (Å²) >= 11 is 0. The first-order valence-corrected chi connectivity index (χ1v) is 5.81. The highest BCUT2D eigenvalue weighted by Gasteiger charge is 2.19. The van der Waals surface area contributed by atoms with Crippen LogP contribution in [0.5, 0.6) is 0 Å². The Morgan fingerprint density at radius 3 is 2.81 bits per heavy atom. The summed E-state index contributed by atoms with van der Waals surface area (Å²) in [5.74, 6) is -0.850. The Labute approximate surface area is 97.5 Å². The Kier molecular flexibility index (Phi) is 4.96. The van der Waals surface area contributed by atoms with Gasteiger partial charge in [0.05, 0.1) is 0 Å². The van der Waals surface area contributed by atoms with Gasteiger partial charge in [0.25, 0.3) is 0 Å². The van der Waals surface area contributed by atoms with E-state index in [0.29, 0.717) is 6.04 Å².